The van der Waals surface area contributed by atoms with Crippen molar-refractivity contribution in [2.45, 2.75) is 6.54 Å². The Morgan fingerprint density at radius 1 is 0.920 bits per heavy atom. The molecule has 5 heteroatoms. The van der Waals surface area contributed by atoms with Crippen LogP contribution in [-0.4, -0.2) is 35.1 Å². The van der Waals surface area contributed by atoms with E-state index in [4.69, 9.17) is 0 Å². The Labute approximate surface area is 147 Å². The lowest BCUT2D eigenvalue weighted by molar-refractivity contribution is -0.117. The van der Waals surface area contributed by atoms with Gasteiger partial charge in [0.1, 0.15) is 5.82 Å². The minimum absolute atomic E-state index is 0.116. The molecule has 25 heavy (non-hydrogen) atoms. The minimum atomic E-state index is 0.116. The Bertz CT molecular complexity index is 844. The summed E-state index contributed by atoms with van der Waals surface area (Å²) in [6.07, 6.45) is 3.67. The topological polar surface area (TPSA) is 41.4 Å². The third-order valence-electron chi connectivity index (χ3n) is 4.50. The first kappa shape index (κ1) is 15.4. The van der Waals surface area contributed by atoms with Gasteiger partial charge in [-0.1, -0.05) is 48.5 Å². The van der Waals surface area contributed by atoms with Crippen LogP contribution in [0, 0.1) is 0 Å². The van der Waals surface area contributed by atoms with Gasteiger partial charge < -0.3 is 14.4 Å². The van der Waals surface area contributed by atoms with E-state index in [-0.39, 0.29) is 5.91 Å². The zero-order chi connectivity index (χ0) is 17.1. The van der Waals surface area contributed by atoms with Crippen molar-refractivity contribution in [3.05, 3.63) is 78.8 Å². The molecule has 126 valence electrons. The van der Waals surface area contributed by atoms with Crippen LogP contribution in [0.3, 0.4) is 0 Å². The molecule has 0 N–H and O–H groups in total. The van der Waals surface area contributed by atoms with Crippen LogP contribution in [0.2, 0.25) is 0 Å². The molecular formula is C20H20N4O. The maximum absolute atomic E-state index is 12.6. The number of benzene rings is 2. The van der Waals surface area contributed by atoms with E-state index >= 15 is 0 Å². The van der Waals surface area contributed by atoms with Crippen molar-refractivity contribution in [1.29, 1.82) is 0 Å². The molecule has 1 aromatic heterocycles. The molecular weight excluding hydrogens is 312 g/mol. The highest BCUT2D eigenvalue weighted by molar-refractivity contribution is 5.97. The monoisotopic (exact) mass is 332 g/mol. The first-order valence-corrected chi connectivity index (χ1v) is 8.46. The number of imidazole rings is 1. The molecule has 2 aromatic carbocycles. The molecule has 0 spiro atoms. The second kappa shape index (κ2) is 6.81. The Hall–Kier alpha value is -3.08. The third-order valence-corrected chi connectivity index (χ3v) is 4.50. The molecule has 0 atom stereocenters. The Morgan fingerprint density at radius 3 is 2.36 bits per heavy atom. The molecule has 1 aliphatic rings. The number of carbonyl (C=O) groups is 1. The fraction of sp³-hybridized carbons (Fsp3) is 0.200. The molecule has 3 aromatic rings. The number of hydrogen-bond donors (Lipinski definition) is 0. The quantitative estimate of drug-likeness (QED) is 0.738. The fourth-order valence-corrected chi connectivity index (χ4v) is 3.23. The van der Waals surface area contributed by atoms with E-state index in [1.54, 1.807) is 0 Å². The summed E-state index contributed by atoms with van der Waals surface area (Å²) in [7, 11) is 0. The maximum atomic E-state index is 12.6. The number of anilines is 2. The molecule has 0 radical (unpaired) electrons. The number of amides is 1. The Balaban J connectivity index is 1.49. The molecule has 0 aliphatic carbocycles. The van der Waals surface area contributed by atoms with E-state index in [2.05, 4.69) is 26.6 Å². The van der Waals surface area contributed by atoms with Crippen LogP contribution in [0.15, 0.2) is 73.2 Å². The number of nitrogens with zero attached hydrogens (tertiary/aromatic N) is 4. The second-order valence-corrected chi connectivity index (χ2v) is 6.17. The van der Waals surface area contributed by atoms with Crippen molar-refractivity contribution < 1.29 is 4.79 Å². The van der Waals surface area contributed by atoms with Gasteiger partial charge in [0, 0.05) is 18.8 Å². The van der Waals surface area contributed by atoms with Crippen molar-refractivity contribution in [3.63, 3.8) is 0 Å². The number of hydrogen-bond acceptors (Lipinski definition) is 3. The van der Waals surface area contributed by atoms with Crippen molar-refractivity contribution in [1.82, 2.24) is 9.55 Å². The summed E-state index contributed by atoms with van der Waals surface area (Å²) in [5.74, 6) is 1.11. The minimum Gasteiger partial charge on any atom is -0.346 e. The highest BCUT2D eigenvalue weighted by atomic mass is 16.2. The summed E-state index contributed by atoms with van der Waals surface area (Å²) in [5, 5.41) is 0. The molecule has 2 heterocycles. The first-order valence-electron chi connectivity index (χ1n) is 8.46. The van der Waals surface area contributed by atoms with Gasteiger partial charge in [0.05, 0.1) is 25.6 Å². The Kier molecular flexibility index (Phi) is 4.21. The summed E-state index contributed by atoms with van der Waals surface area (Å²) in [6.45, 7) is 2.60. The van der Waals surface area contributed by atoms with E-state index in [0.29, 0.717) is 13.1 Å². The number of piperazine rings is 1. The summed E-state index contributed by atoms with van der Waals surface area (Å²) < 4.78 is 2.10. The highest BCUT2D eigenvalue weighted by Gasteiger charge is 2.26. The molecule has 0 saturated carbocycles. The van der Waals surface area contributed by atoms with Gasteiger partial charge in [-0.3, -0.25) is 4.79 Å². The molecule has 0 bridgehead atoms. The molecule has 1 saturated heterocycles. The van der Waals surface area contributed by atoms with Crippen LogP contribution in [0.1, 0.15) is 5.56 Å². The van der Waals surface area contributed by atoms with Gasteiger partial charge in [-0.15, -0.1) is 0 Å². The zero-order valence-corrected chi connectivity index (χ0v) is 14.0. The fourth-order valence-electron chi connectivity index (χ4n) is 3.23. The van der Waals surface area contributed by atoms with Gasteiger partial charge in [-0.25, -0.2) is 4.98 Å². The standard InChI is InChI=1S/C20H20N4O/c25-20-15-22(11-12-24(20)18-9-5-2-6-10-18)19-13-21-16-23(19)14-17-7-3-1-4-8-17/h1-10,13,16H,11-12,14-15H2. The molecule has 1 aliphatic heterocycles. The van der Waals surface area contributed by atoms with E-state index in [1.807, 2.05) is 66.0 Å². The van der Waals surface area contributed by atoms with Crippen molar-refractivity contribution in [2.75, 3.05) is 29.4 Å². The summed E-state index contributed by atoms with van der Waals surface area (Å²) in [4.78, 5) is 20.9. The maximum Gasteiger partial charge on any atom is 0.246 e. The van der Waals surface area contributed by atoms with E-state index in [1.165, 1.54) is 5.56 Å². The predicted molar refractivity (Wildman–Crippen MR) is 98.8 cm³/mol. The predicted octanol–water partition coefficient (Wildman–Crippen LogP) is 2.78. The zero-order valence-electron chi connectivity index (χ0n) is 14.0. The van der Waals surface area contributed by atoms with Crippen molar-refractivity contribution >= 4 is 17.4 Å². The summed E-state index contributed by atoms with van der Waals surface area (Å²) >= 11 is 0. The lowest BCUT2D eigenvalue weighted by Crippen LogP contribution is -2.51. The molecule has 1 fully saturated rings. The molecule has 5 nitrogen and oxygen atoms in total. The second-order valence-electron chi connectivity index (χ2n) is 6.17. The number of carbonyl (C=O) groups excluding carboxylic acids is 1. The average Bonchev–Trinajstić information content (AvgIpc) is 3.11. The highest BCUT2D eigenvalue weighted by Crippen LogP contribution is 2.21. The summed E-state index contributed by atoms with van der Waals surface area (Å²) in [5.41, 5.74) is 2.18. The van der Waals surface area contributed by atoms with Crippen LogP contribution in [-0.2, 0) is 11.3 Å². The lowest BCUT2D eigenvalue weighted by Gasteiger charge is -2.35. The van der Waals surface area contributed by atoms with Gasteiger partial charge in [-0.05, 0) is 17.7 Å². The molecule has 1 amide bonds. The van der Waals surface area contributed by atoms with E-state index < -0.39 is 0 Å². The normalized spacial score (nSPS) is 14.8. The summed E-state index contributed by atoms with van der Waals surface area (Å²) in [6, 6.07) is 20.1. The SMILES string of the molecule is O=C1CN(c2cncn2Cc2ccccc2)CCN1c1ccccc1. The number of aromatic nitrogens is 2. The van der Waals surface area contributed by atoms with Gasteiger partial charge in [0.25, 0.3) is 0 Å². The number of para-hydroxylation sites is 1. The van der Waals surface area contributed by atoms with E-state index in [0.717, 1.165) is 24.6 Å². The largest absolute Gasteiger partial charge is 0.346 e. The van der Waals surface area contributed by atoms with Gasteiger partial charge in [0.15, 0.2) is 0 Å². The van der Waals surface area contributed by atoms with E-state index in [9.17, 15) is 4.79 Å². The Morgan fingerprint density at radius 2 is 1.64 bits per heavy atom. The van der Waals surface area contributed by atoms with Crippen molar-refractivity contribution in [3.8, 4) is 0 Å². The van der Waals surface area contributed by atoms with Crippen LogP contribution in [0.5, 0.6) is 0 Å². The van der Waals surface area contributed by atoms with Crippen molar-refractivity contribution in [2.24, 2.45) is 0 Å². The van der Waals surface area contributed by atoms with Crippen LogP contribution >= 0.6 is 0 Å². The van der Waals surface area contributed by atoms with Gasteiger partial charge in [0.2, 0.25) is 5.91 Å². The smallest absolute Gasteiger partial charge is 0.246 e. The van der Waals surface area contributed by atoms with Gasteiger partial charge >= 0.3 is 0 Å². The number of rotatable bonds is 4. The van der Waals surface area contributed by atoms with Crippen LogP contribution < -0.4 is 9.80 Å². The van der Waals surface area contributed by atoms with Gasteiger partial charge in [-0.2, -0.15) is 0 Å². The van der Waals surface area contributed by atoms with Crippen LogP contribution in [0.4, 0.5) is 11.5 Å². The average molecular weight is 332 g/mol. The molecule has 4 rings (SSSR count). The molecule has 0 unspecified atom stereocenters. The first-order chi connectivity index (χ1) is 12.3. The third kappa shape index (κ3) is 3.26. The van der Waals surface area contributed by atoms with Crippen LogP contribution in [0.25, 0.3) is 0 Å². The lowest BCUT2D eigenvalue weighted by atomic mass is 10.2.